The molecule has 0 aliphatic heterocycles. The van der Waals surface area contributed by atoms with Crippen LogP contribution in [0.4, 0.5) is 5.82 Å². The van der Waals surface area contributed by atoms with Crippen molar-refractivity contribution in [1.82, 2.24) is 9.97 Å². The summed E-state index contributed by atoms with van der Waals surface area (Å²) in [5.74, 6) is 0.620. The zero-order valence-electron chi connectivity index (χ0n) is 8.40. The van der Waals surface area contributed by atoms with E-state index >= 15 is 0 Å². The van der Waals surface area contributed by atoms with Crippen molar-refractivity contribution >= 4 is 5.82 Å². The Morgan fingerprint density at radius 2 is 2.43 bits per heavy atom. The molecule has 0 spiro atoms. The van der Waals surface area contributed by atoms with Crippen molar-refractivity contribution in [3.63, 3.8) is 0 Å². The first-order valence-electron chi connectivity index (χ1n) is 4.53. The van der Waals surface area contributed by atoms with Gasteiger partial charge in [0.1, 0.15) is 5.82 Å². The molecule has 5 heteroatoms. The molecule has 1 aromatic heterocycles. The molecule has 5 nitrogen and oxygen atoms in total. The fourth-order valence-corrected chi connectivity index (χ4v) is 1.06. The van der Waals surface area contributed by atoms with Crippen molar-refractivity contribution < 1.29 is 5.11 Å². The number of hydrogen-bond donors (Lipinski definition) is 2. The molecule has 0 fully saturated rings. The molecule has 78 valence electrons. The average Bonchev–Trinajstić information content (AvgIpc) is 2.14. The van der Waals surface area contributed by atoms with Gasteiger partial charge in [0.2, 0.25) is 0 Å². The lowest BCUT2D eigenvalue weighted by Crippen LogP contribution is -2.24. The number of aromatic nitrogens is 2. The Labute approximate surface area is 82.4 Å². The number of nitrogens with one attached hydrogen (secondary N) is 1. The van der Waals surface area contributed by atoms with Crippen molar-refractivity contribution in [3.8, 4) is 0 Å². The molecule has 1 aromatic rings. The number of aliphatic hydroxyl groups is 1. The van der Waals surface area contributed by atoms with Crippen LogP contribution in [0.5, 0.6) is 0 Å². The van der Waals surface area contributed by atoms with Crippen LogP contribution in [-0.4, -0.2) is 34.8 Å². The van der Waals surface area contributed by atoms with E-state index in [1.54, 1.807) is 6.92 Å². The normalized spacial score (nSPS) is 12.5. The monoisotopic (exact) mass is 197 g/mol. The molecule has 14 heavy (non-hydrogen) atoms. The first-order chi connectivity index (χ1) is 6.59. The molecule has 0 saturated carbocycles. The van der Waals surface area contributed by atoms with Crippen LogP contribution in [0.15, 0.2) is 17.2 Å². The molecule has 1 unspecified atom stereocenters. The van der Waals surface area contributed by atoms with Crippen molar-refractivity contribution in [3.05, 3.63) is 22.7 Å². The molecule has 2 N–H and O–H groups in total. The Hall–Kier alpha value is -1.36. The minimum absolute atomic E-state index is 0.168. The van der Waals surface area contributed by atoms with Gasteiger partial charge in [-0.05, 0) is 13.3 Å². The van der Waals surface area contributed by atoms with Crippen LogP contribution >= 0.6 is 0 Å². The zero-order valence-corrected chi connectivity index (χ0v) is 8.40. The summed E-state index contributed by atoms with van der Waals surface area (Å²) in [6.45, 7) is 2.41. The van der Waals surface area contributed by atoms with Gasteiger partial charge in [-0.2, -0.15) is 0 Å². The fraction of sp³-hybridized carbons (Fsp3) is 0.556. The van der Waals surface area contributed by atoms with E-state index in [2.05, 4.69) is 9.97 Å². The van der Waals surface area contributed by atoms with Crippen molar-refractivity contribution in [1.29, 1.82) is 0 Å². The van der Waals surface area contributed by atoms with Crippen molar-refractivity contribution in [2.45, 2.75) is 19.4 Å². The maximum absolute atomic E-state index is 11.0. The van der Waals surface area contributed by atoms with Gasteiger partial charge in [-0.25, -0.2) is 4.98 Å². The molecule has 0 aliphatic carbocycles. The number of rotatable bonds is 4. The minimum atomic E-state index is -0.334. The Balaban J connectivity index is 2.60. The van der Waals surface area contributed by atoms with Gasteiger partial charge in [0.15, 0.2) is 0 Å². The topological polar surface area (TPSA) is 69.2 Å². The number of H-pyrrole nitrogens is 1. The summed E-state index contributed by atoms with van der Waals surface area (Å²) < 4.78 is 0. The summed E-state index contributed by atoms with van der Waals surface area (Å²) >= 11 is 0. The van der Waals surface area contributed by atoms with Crippen LogP contribution in [0.2, 0.25) is 0 Å². The summed E-state index contributed by atoms with van der Waals surface area (Å²) in [6.07, 6.45) is 1.70. The molecular weight excluding hydrogens is 182 g/mol. The first-order valence-corrected chi connectivity index (χ1v) is 4.53. The largest absolute Gasteiger partial charge is 0.393 e. The summed E-state index contributed by atoms with van der Waals surface area (Å²) in [7, 11) is 1.84. The molecule has 0 amide bonds. The maximum atomic E-state index is 11.0. The van der Waals surface area contributed by atoms with Crippen molar-refractivity contribution in [2.75, 3.05) is 18.5 Å². The molecule has 0 radical (unpaired) electrons. The second-order valence-electron chi connectivity index (χ2n) is 3.33. The van der Waals surface area contributed by atoms with E-state index in [0.29, 0.717) is 18.8 Å². The van der Waals surface area contributed by atoms with E-state index in [9.17, 15) is 4.79 Å². The van der Waals surface area contributed by atoms with Crippen molar-refractivity contribution in [2.24, 2.45) is 0 Å². The molecule has 0 saturated heterocycles. The molecule has 0 aromatic carbocycles. The standard InChI is InChI=1S/C9H15N3O2/c1-7(13)3-4-12(2)8-5-9(14)11-6-10-8/h5-7,13H,3-4H2,1-2H3,(H,10,11,14). The van der Waals surface area contributed by atoms with E-state index in [4.69, 9.17) is 5.11 Å². The smallest absolute Gasteiger partial charge is 0.252 e. The molecule has 0 aliphatic rings. The summed E-state index contributed by atoms with van der Waals surface area (Å²) in [5.41, 5.74) is -0.168. The third-order valence-corrected chi connectivity index (χ3v) is 1.94. The molecule has 0 bridgehead atoms. The lowest BCUT2D eigenvalue weighted by Gasteiger charge is -2.18. The van der Waals surface area contributed by atoms with Gasteiger partial charge >= 0.3 is 0 Å². The van der Waals surface area contributed by atoms with E-state index in [1.807, 2.05) is 11.9 Å². The van der Waals surface area contributed by atoms with Gasteiger partial charge in [-0.15, -0.1) is 0 Å². The Bertz CT molecular complexity index is 335. The quantitative estimate of drug-likeness (QED) is 0.711. The molecule has 1 rings (SSSR count). The van der Waals surface area contributed by atoms with Crippen LogP contribution in [0.25, 0.3) is 0 Å². The van der Waals surface area contributed by atoms with Gasteiger partial charge in [0, 0.05) is 19.7 Å². The molecule has 1 atom stereocenters. The highest BCUT2D eigenvalue weighted by Gasteiger charge is 2.04. The Kier molecular flexibility index (Phi) is 3.64. The minimum Gasteiger partial charge on any atom is -0.393 e. The lowest BCUT2D eigenvalue weighted by molar-refractivity contribution is 0.187. The number of nitrogens with zero attached hydrogens (tertiary/aromatic N) is 2. The zero-order chi connectivity index (χ0) is 10.6. The van der Waals surface area contributed by atoms with Crippen LogP contribution < -0.4 is 10.5 Å². The Morgan fingerprint density at radius 1 is 1.71 bits per heavy atom. The van der Waals surface area contributed by atoms with Gasteiger partial charge in [-0.3, -0.25) is 4.79 Å². The lowest BCUT2D eigenvalue weighted by atomic mass is 10.3. The highest BCUT2D eigenvalue weighted by atomic mass is 16.3. The highest BCUT2D eigenvalue weighted by molar-refractivity contribution is 5.34. The highest BCUT2D eigenvalue weighted by Crippen LogP contribution is 2.04. The molecular formula is C9H15N3O2. The summed E-state index contributed by atoms with van der Waals surface area (Å²) in [4.78, 5) is 19.3. The van der Waals surface area contributed by atoms with E-state index in [0.717, 1.165) is 0 Å². The van der Waals surface area contributed by atoms with E-state index < -0.39 is 0 Å². The third-order valence-electron chi connectivity index (χ3n) is 1.94. The van der Waals surface area contributed by atoms with Gasteiger partial charge in [0.25, 0.3) is 5.56 Å². The summed E-state index contributed by atoms with van der Waals surface area (Å²) in [5, 5.41) is 9.09. The Morgan fingerprint density at radius 3 is 3.00 bits per heavy atom. The predicted octanol–water partition coefficient (Wildman–Crippen LogP) is -0.0230. The second kappa shape index (κ2) is 4.76. The molecule has 1 heterocycles. The van der Waals surface area contributed by atoms with Gasteiger partial charge in [-0.1, -0.05) is 0 Å². The average molecular weight is 197 g/mol. The number of anilines is 1. The first kappa shape index (κ1) is 10.7. The van der Waals surface area contributed by atoms with Gasteiger partial charge in [0.05, 0.1) is 12.4 Å². The van der Waals surface area contributed by atoms with Crippen LogP contribution in [0, 0.1) is 0 Å². The maximum Gasteiger partial charge on any atom is 0.252 e. The fourth-order valence-electron chi connectivity index (χ4n) is 1.06. The number of hydrogen-bond acceptors (Lipinski definition) is 4. The third kappa shape index (κ3) is 3.18. The van der Waals surface area contributed by atoms with Gasteiger partial charge < -0.3 is 15.0 Å². The predicted molar refractivity (Wildman–Crippen MR) is 54.4 cm³/mol. The van der Waals surface area contributed by atoms with Crippen LogP contribution in [0.3, 0.4) is 0 Å². The van der Waals surface area contributed by atoms with Crippen LogP contribution in [0.1, 0.15) is 13.3 Å². The van der Waals surface area contributed by atoms with Crippen LogP contribution in [-0.2, 0) is 0 Å². The van der Waals surface area contributed by atoms with E-state index in [1.165, 1.54) is 12.4 Å². The number of aliphatic hydroxyl groups excluding tert-OH is 1. The number of aromatic amines is 1. The SMILES string of the molecule is CC(O)CCN(C)c1cc(=O)[nH]cn1. The van der Waals surface area contributed by atoms with E-state index in [-0.39, 0.29) is 11.7 Å². The second-order valence-corrected chi connectivity index (χ2v) is 3.33. The summed E-state index contributed by atoms with van der Waals surface area (Å²) in [6, 6.07) is 1.43.